The van der Waals surface area contributed by atoms with E-state index in [9.17, 15) is 5.11 Å². The van der Waals surface area contributed by atoms with E-state index in [2.05, 4.69) is 37.9 Å². The number of hydrogen-bond acceptors (Lipinski definition) is 2. The van der Waals surface area contributed by atoms with E-state index in [1.54, 1.807) is 0 Å². The van der Waals surface area contributed by atoms with Crippen LogP contribution in [0.15, 0.2) is 18.2 Å². The summed E-state index contributed by atoms with van der Waals surface area (Å²) in [6.45, 7) is 6.53. The largest absolute Gasteiger partial charge is 0.508 e. The molecule has 2 nitrogen and oxygen atoms in total. The number of benzene rings is 1. The van der Waals surface area contributed by atoms with E-state index in [0.717, 1.165) is 17.0 Å². The number of aromatic hydroxyl groups is 1. The van der Waals surface area contributed by atoms with E-state index in [1.165, 1.54) is 32.1 Å². The molecule has 112 valence electrons. The third-order valence-electron chi connectivity index (χ3n) is 5.22. The summed E-state index contributed by atoms with van der Waals surface area (Å²) in [5, 5.41) is 10.2. The van der Waals surface area contributed by atoms with Crippen LogP contribution in [0.3, 0.4) is 0 Å². The van der Waals surface area contributed by atoms with Crippen LogP contribution >= 0.6 is 0 Å². The van der Waals surface area contributed by atoms with Crippen molar-refractivity contribution in [1.29, 1.82) is 0 Å². The Hall–Kier alpha value is -1.02. The molecular weight excluding hydrogens is 246 g/mol. The minimum Gasteiger partial charge on any atom is -0.508 e. The second-order valence-corrected chi connectivity index (χ2v) is 6.49. The summed E-state index contributed by atoms with van der Waals surface area (Å²) in [6, 6.07) is 6.97. The van der Waals surface area contributed by atoms with Gasteiger partial charge in [0.25, 0.3) is 0 Å². The molecule has 1 atom stereocenters. The van der Waals surface area contributed by atoms with Gasteiger partial charge in [0.2, 0.25) is 0 Å². The van der Waals surface area contributed by atoms with Crippen LogP contribution in [-0.4, -0.2) is 23.1 Å². The van der Waals surface area contributed by atoms with Gasteiger partial charge in [-0.25, -0.2) is 0 Å². The van der Waals surface area contributed by atoms with Crippen molar-refractivity contribution < 1.29 is 5.11 Å². The van der Waals surface area contributed by atoms with E-state index in [-0.39, 0.29) is 6.04 Å². The van der Waals surface area contributed by atoms with Gasteiger partial charge < -0.3 is 5.11 Å². The predicted molar refractivity (Wildman–Crippen MR) is 85.1 cm³/mol. The molecule has 0 aliphatic heterocycles. The Kier molecular flexibility index (Phi) is 5.09. The molecule has 1 aliphatic carbocycles. The lowest BCUT2D eigenvalue weighted by molar-refractivity contribution is 0.125. The summed E-state index contributed by atoms with van der Waals surface area (Å²) in [4.78, 5) is 2.45. The fourth-order valence-electron chi connectivity index (χ4n) is 3.50. The molecule has 0 saturated heterocycles. The molecule has 0 radical (unpaired) electrons. The molecule has 2 rings (SSSR count). The maximum atomic E-state index is 10.2. The predicted octanol–water partition coefficient (Wildman–Crippen LogP) is 4.66. The Morgan fingerprint density at radius 3 is 2.45 bits per heavy atom. The highest BCUT2D eigenvalue weighted by atomic mass is 16.3. The van der Waals surface area contributed by atoms with Crippen LogP contribution in [0.2, 0.25) is 0 Å². The average Bonchev–Trinajstić information content (AvgIpc) is 2.46. The van der Waals surface area contributed by atoms with Gasteiger partial charge in [0.1, 0.15) is 5.75 Å². The maximum Gasteiger partial charge on any atom is 0.120 e. The number of phenolic OH excluding ortho intramolecular Hbond substituents is 1. The Labute approximate surface area is 123 Å². The van der Waals surface area contributed by atoms with Crippen molar-refractivity contribution in [3.8, 4) is 5.75 Å². The van der Waals surface area contributed by atoms with E-state index in [4.69, 9.17) is 0 Å². The maximum absolute atomic E-state index is 10.2. The van der Waals surface area contributed by atoms with Crippen molar-refractivity contribution in [3.05, 3.63) is 29.3 Å². The molecule has 0 amide bonds. The lowest BCUT2D eigenvalue weighted by Crippen LogP contribution is -2.36. The van der Waals surface area contributed by atoms with Crippen molar-refractivity contribution in [3.63, 3.8) is 0 Å². The molecule has 0 spiro atoms. The van der Waals surface area contributed by atoms with Crippen molar-refractivity contribution >= 4 is 0 Å². The molecular formula is C18H29NO. The van der Waals surface area contributed by atoms with Crippen LogP contribution in [0.5, 0.6) is 5.75 Å². The summed E-state index contributed by atoms with van der Waals surface area (Å²) in [6.07, 6.45) is 6.64. The first-order valence-corrected chi connectivity index (χ1v) is 8.04. The second-order valence-electron chi connectivity index (χ2n) is 6.49. The second kappa shape index (κ2) is 6.62. The van der Waals surface area contributed by atoms with Crippen LogP contribution in [0.4, 0.5) is 0 Å². The topological polar surface area (TPSA) is 23.5 Å². The summed E-state index contributed by atoms with van der Waals surface area (Å²) < 4.78 is 0. The van der Waals surface area contributed by atoms with Crippen LogP contribution in [0.1, 0.15) is 63.1 Å². The lowest BCUT2D eigenvalue weighted by atomic mass is 9.83. The van der Waals surface area contributed by atoms with Gasteiger partial charge in [-0.1, -0.05) is 25.5 Å². The standard InChI is InChI=1S/C18H29NO/c1-5-15-7-9-16(10-8-15)19(4)14(3)17-11-6-13(2)12-18(17)20/h6,11-12,14-16,20H,5,7-10H2,1-4H3. The Balaban J connectivity index is 2.03. The van der Waals surface area contributed by atoms with Gasteiger partial charge in [-0.05, 0) is 64.1 Å². The van der Waals surface area contributed by atoms with Gasteiger partial charge in [-0.15, -0.1) is 0 Å². The summed E-state index contributed by atoms with van der Waals surface area (Å²) in [5.74, 6) is 1.37. The van der Waals surface area contributed by atoms with Crippen LogP contribution in [0.25, 0.3) is 0 Å². The molecule has 20 heavy (non-hydrogen) atoms. The molecule has 0 heterocycles. The molecule has 2 heteroatoms. The smallest absolute Gasteiger partial charge is 0.120 e. The van der Waals surface area contributed by atoms with E-state index < -0.39 is 0 Å². The quantitative estimate of drug-likeness (QED) is 0.863. The number of rotatable bonds is 4. The minimum absolute atomic E-state index is 0.277. The Morgan fingerprint density at radius 2 is 1.90 bits per heavy atom. The van der Waals surface area contributed by atoms with Crippen molar-refractivity contribution in [2.75, 3.05) is 7.05 Å². The normalized spacial score (nSPS) is 24.9. The first-order valence-electron chi connectivity index (χ1n) is 8.04. The van der Waals surface area contributed by atoms with Crippen molar-refractivity contribution in [2.45, 2.75) is 65.0 Å². The third-order valence-corrected chi connectivity index (χ3v) is 5.22. The fraction of sp³-hybridized carbons (Fsp3) is 0.667. The zero-order valence-electron chi connectivity index (χ0n) is 13.4. The molecule has 1 N–H and O–H groups in total. The molecule has 1 aliphatic rings. The monoisotopic (exact) mass is 275 g/mol. The van der Waals surface area contributed by atoms with Gasteiger partial charge in [0.05, 0.1) is 0 Å². The molecule has 1 aromatic rings. The molecule has 0 bridgehead atoms. The van der Waals surface area contributed by atoms with Gasteiger partial charge >= 0.3 is 0 Å². The van der Waals surface area contributed by atoms with Gasteiger partial charge in [-0.3, -0.25) is 4.90 Å². The minimum atomic E-state index is 0.277. The number of nitrogens with zero attached hydrogens (tertiary/aromatic N) is 1. The molecule has 1 saturated carbocycles. The molecule has 1 aromatic carbocycles. The summed E-state index contributed by atoms with van der Waals surface area (Å²) >= 11 is 0. The van der Waals surface area contributed by atoms with Gasteiger partial charge in [-0.2, -0.15) is 0 Å². The highest BCUT2D eigenvalue weighted by molar-refractivity contribution is 5.37. The first kappa shape index (κ1) is 15.4. The zero-order valence-corrected chi connectivity index (χ0v) is 13.4. The van der Waals surface area contributed by atoms with Gasteiger partial charge in [0.15, 0.2) is 0 Å². The first-order chi connectivity index (χ1) is 9.52. The number of hydrogen-bond donors (Lipinski definition) is 1. The van der Waals surface area contributed by atoms with Gasteiger partial charge in [0, 0.05) is 17.6 Å². The van der Waals surface area contributed by atoms with E-state index in [0.29, 0.717) is 11.8 Å². The SMILES string of the molecule is CCC1CCC(N(C)C(C)c2ccc(C)cc2O)CC1. The third kappa shape index (κ3) is 3.35. The Morgan fingerprint density at radius 1 is 1.25 bits per heavy atom. The summed E-state index contributed by atoms with van der Waals surface area (Å²) in [7, 11) is 2.21. The number of phenols is 1. The average molecular weight is 275 g/mol. The lowest BCUT2D eigenvalue weighted by Gasteiger charge is -2.38. The Bertz CT molecular complexity index is 435. The van der Waals surface area contributed by atoms with Crippen molar-refractivity contribution in [2.24, 2.45) is 5.92 Å². The van der Waals surface area contributed by atoms with Crippen LogP contribution < -0.4 is 0 Å². The number of aryl methyl sites for hydroxylation is 1. The van der Waals surface area contributed by atoms with Crippen LogP contribution in [-0.2, 0) is 0 Å². The van der Waals surface area contributed by atoms with E-state index in [1.807, 2.05) is 13.0 Å². The molecule has 0 aromatic heterocycles. The summed E-state index contributed by atoms with van der Waals surface area (Å²) in [5.41, 5.74) is 2.17. The van der Waals surface area contributed by atoms with E-state index >= 15 is 0 Å². The molecule has 1 unspecified atom stereocenters. The highest BCUT2D eigenvalue weighted by Crippen LogP contribution is 2.35. The van der Waals surface area contributed by atoms with Crippen LogP contribution in [0, 0.1) is 12.8 Å². The van der Waals surface area contributed by atoms with Crippen molar-refractivity contribution in [1.82, 2.24) is 4.90 Å². The highest BCUT2D eigenvalue weighted by Gasteiger charge is 2.27. The zero-order chi connectivity index (χ0) is 14.7. The molecule has 1 fully saturated rings. The fourth-order valence-corrected chi connectivity index (χ4v) is 3.50.